The monoisotopic (exact) mass is 309 g/mol. The highest BCUT2D eigenvalue weighted by molar-refractivity contribution is 7.99. The summed E-state index contributed by atoms with van der Waals surface area (Å²) < 4.78 is 43.6. The van der Waals surface area contributed by atoms with Crippen LogP contribution in [0.15, 0.2) is 52.3 Å². The van der Waals surface area contributed by atoms with E-state index in [1.807, 2.05) is 0 Å². The SMILES string of the molecule is COc1ccc(Sc2ccc(C#N)c(C(F)(F)F)c2)cc1. The number of methoxy groups -OCH3 is 1. The second-order valence-corrected chi connectivity index (χ2v) is 5.24. The van der Waals surface area contributed by atoms with Crippen LogP contribution in [-0.2, 0) is 6.18 Å². The molecule has 0 unspecified atom stereocenters. The summed E-state index contributed by atoms with van der Waals surface area (Å²) in [5, 5.41) is 8.75. The highest BCUT2D eigenvalue weighted by Crippen LogP contribution is 2.36. The van der Waals surface area contributed by atoms with Crippen molar-refractivity contribution in [2.24, 2.45) is 0 Å². The molecule has 0 aromatic heterocycles. The molecular weight excluding hydrogens is 299 g/mol. The maximum Gasteiger partial charge on any atom is 0.417 e. The molecule has 2 aromatic carbocycles. The molecule has 0 amide bonds. The zero-order chi connectivity index (χ0) is 15.5. The minimum Gasteiger partial charge on any atom is -0.497 e. The number of halogens is 3. The number of nitrogens with zero attached hydrogens (tertiary/aromatic N) is 1. The molecule has 0 saturated carbocycles. The Morgan fingerprint density at radius 3 is 2.19 bits per heavy atom. The Morgan fingerprint density at radius 2 is 1.67 bits per heavy atom. The second-order valence-electron chi connectivity index (χ2n) is 4.09. The van der Waals surface area contributed by atoms with Gasteiger partial charge in [-0.15, -0.1) is 0 Å². The van der Waals surface area contributed by atoms with E-state index in [-0.39, 0.29) is 5.56 Å². The summed E-state index contributed by atoms with van der Waals surface area (Å²) >= 11 is 1.19. The van der Waals surface area contributed by atoms with Gasteiger partial charge in [-0.3, -0.25) is 0 Å². The summed E-state index contributed by atoms with van der Waals surface area (Å²) in [7, 11) is 1.54. The van der Waals surface area contributed by atoms with E-state index in [0.29, 0.717) is 10.6 Å². The fraction of sp³-hybridized carbons (Fsp3) is 0.133. The van der Waals surface area contributed by atoms with Crippen molar-refractivity contribution in [1.82, 2.24) is 0 Å². The minimum atomic E-state index is -4.54. The average molecular weight is 309 g/mol. The maximum absolute atomic E-state index is 12.9. The molecule has 0 saturated heterocycles. The minimum absolute atomic E-state index is 0.374. The van der Waals surface area contributed by atoms with Gasteiger partial charge < -0.3 is 4.74 Å². The van der Waals surface area contributed by atoms with Gasteiger partial charge in [-0.05, 0) is 42.5 Å². The molecule has 0 heterocycles. The van der Waals surface area contributed by atoms with Crippen molar-refractivity contribution >= 4 is 11.8 Å². The van der Waals surface area contributed by atoms with Crippen LogP contribution in [0.2, 0.25) is 0 Å². The van der Waals surface area contributed by atoms with E-state index in [1.165, 1.54) is 23.9 Å². The summed E-state index contributed by atoms with van der Waals surface area (Å²) in [6.45, 7) is 0. The summed E-state index contributed by atoms with van der Waals surface area (Å²) in [4.78, 5) is 1.21. The van der Waals surface area contributed by atoms with Crippen LogP contribution in [0.5, 0.6) is 5.75 Å². The van der Waals surface area contributed by atoms with Crippen molar-refractivity contribution in [2.75, 3.05) is 7.11 Å². The standard InChI is InChI=1S/C15H10F3NOS/c1-20-11-3-6-12(7-4-11)21-13-5-2-10(9-19)14(8-13)15(16,17)18/h2-8H,1H3. The van der Waals surface area contributed by atoms with Gasteiger partial charge in [0.05, 0.1) is 24.3 Å². The Kier molecular flexibility index (Phi) is 4.43. The van der Waals surface area contributed by atoms with Crippen molar-refractivity contribution in [3.63, 3.8) is 0 Å². The Morgan fingerprint density at radius 1 is 1.05 bits per heavy atom. The van der Waals surface area contributed by atoms with E-state index >= 15 is 0 Å². The number of nitriles is 1. The number of benzene rings is 2. The normalized spacial score (nSPS) is 11.0. The third kappa shape index (κ3) is 3.70. The predicted octanol–water partition coefficient (Wildman–Crippen LogP) is 4.74. The summed E-state index contributed by atoms with van der Waals surface area (Å²) in [5.41, 5.74) is -1.29. The maximum atomic E-state index is 12.9. The molecule has 0 aliphatic heterocycles. The lowest BCUT2D eigenvalue weighted by molar-refractivity contribution is -0.137. The molecule has 0 spiro atoms. The first-order valence-electron chi connectivity index (χ1n) is 5.87. The largest absolute Gasteiger partial charge is 0.497 e. The Bertz CT molecular complexity index is 675. The van der Waals surface area contributed by atoms with Gasteiger partial charge in [-0.25, -0.2) is 0 Å². The van der Waals surface area contributed by atoms with Crippen molar-refractivity contribution in [3.8, 4) is 11.8 Å². The van der Waals surface area contributed by atoms with Crippen molar-refractivity contribution in [3.05, 3.63) is 53.6 Å². The zero-order valence-corrected chi connectivity index (χ0v) is 11.8. The third-order valence-corrected chi connectivity index (χ3v) is 3.71. The Balaban J connectivity index is 2.30. The summed E-state index contributed by atoms with van der Waals surface area (Å²) in [6, 6.07) is 12.2. The van der Waals surface area contributed by atoms with Gasteiger partial charge in [0.15, 0.2) is 0 Å². The molecule has 2 aromatic rings. The zero-order valence-electron chi connectivity index (χ0n) is 10.9. The molecule has 108 valence electrons. The smallest absolute Gasteiger partial charge is 0.417 e. The predicted molar refractivity (Wildman–Crippen MR) is 73.3 cm³/mol. The van der Waals surface area contributed by atoms with Gasteiger partial charge in [0.2, 0.25) is 0 Å². The van der Waals surface area contributed by atoms with Crippen LogP contribution < -0.4 is 4.74 Å². The van der Waals surface area contributed by atoms with Gasteiger partial charge in [-0.1, -0.05) is 11.8 Å². The lowest BCUT2D eigenvalue weighted by Gasteiger charge is -2.10. The van der Waals surface area contributed by atoms with E-state index < -0.39 is 11.7 Å². The van der Waals surface area contributed by atoms with Gasteiger partial charge >= 0.3 is 6.18 Å². The van der Waals surface area contributed by atoms with Gasteiger partial charge in [0.1, 0.15) is 5.75 Å². The summed E-state index contributed by atoms with van der Waals surface area (Å²) in [6.07, 6.45) is -4.54. The van der Waals surface area contributed by atoms with Gasteiger partial charge in [0.25, 0.3) is 0 Å². The lowest BCUT2D eigenvalue weighted by atomic mass is 10.1. The number of hydrogen-bond donors (Lipinski definition) is 0. The van der Waals surface area contributed by atoms with Gasteiger partial charge in [-0.2, -0.15) is 18.4 Å². The number of rotatable bonds is 3. The molecular formula is C15H10F3NOS. The first-order valence-corrected chi connectivity index (χ1v) is 6.69. The van der Waals surface area contributed by atoms with Crippen molar-refractivity contribution in [2.45, 2.75) is 16.0 Å². The number of ether oxygens (including phenoxy) is 1. The Hall–Kier alpha value is -2.13. The highest BCUT2D eigenvalue weighted by Gasteiger charge is 2.33. The Labute approximate surface area is 124 Å². The molecule has 0 bridgehead atoms. The third-order valence-electron chi connectivity index (χ3n) is 2.71. The van der Waals surface area contributed by atoms with Crippen molar-refractivity contribution in [1.29, 1.82) is 5.26 Å². The fourth-order valence-corrected chi connectivity index (χ4v) is 2.56. The molecule has 0 aliphatic rings. The highest BCUT2D eigenvalue weighted by atomic mass is 32.2. The molecule has 0 N–H and O–H groups in total. The molecule has 6 heteroatoms. The van der Waals surface area contributed by atoms with Gasteiger partial charge in [0, 0.05) is 9.79 Å². The van der Waals surface area contributed by atoms with E-state index in [2.05, 4.69) is 0 Å². The van der Waals surface area contributed by atoms with Crippen LogP contribution in [-0.4, -0.2) is 7.11 Å². The van der Waals surface area contributed by atoms with Crippen molar-refractivity contribution < 1.29 is 17.9 Å². The van der Waals surface area contributed by atoms with Crippen LogP contribution in [0, 0.1) is 11.3 Å². The summed E-state index contributed by atoms with van der Waals surface area (Å²) in [5.74, 6) is 0.676. The van der Waals surface area contributed by atoms with E-state index in [4.69, 9.17) is 10.00 Å². The first-order chi connectivity index (χ1) is 9.94. The second kappa shape index (κ2) is 6.10. The molecule has 0 fully saturated rings. The van der Waals surface area contributed by atoms with E-state index in [0.717, 1.165) is 11.0 Å². The lowest BCUT2D eigenvalue weighted by Crippen LogP contribution is -2.07. The van der Waals surface area contributed by atoms with Crippen LogP contribution in [0.25, 0.3) is 0 Å². The van der Waals surface area contributed by atoms with E-state index in [1.54, 1.807) is 37.4 Å². The molecule has 0 atom stereocenters. The van der Waals surface area contributed by atoms with Crippen LogP contribution in [0.3, 0.4) is 0 Å². The molecule has 2 nitrogen and oxygen atoms in total. The van der Waals surface area contributed by atoms with Crippen LogP contribution in [0.4, 0.5) is 13.2 Å². The molecule has 2 rings (SSSR count). The first kappa shape index (κ1) is 15.3. The fourth-order valence-electron chi connectivity index (χ4n) is 1.70. The average Bonchev–Trinajstić information content (AvgIpc) is 2.47. The molecule has 0 radical (unpaired) electrons. The van der Waals surface area contributed by atoms with Crippen LogP contribution >= 0.6 is 11.8 Å². The number of hydrogen-bond acceptors (Lipinski definition) is 3. The number of alkyl halides is 3. The topological polar surface area (TPSA) is 33.0 Å². The van der Waals surface area contributed by atoms with E-state index in [9.17, 15) is 13.2 Å². The quantitative estimate of drug-likeness (QED) is 0.821. The molecule has 21 heavy (non-hydrogen) atoms. The molecule has 0 aliphatic carbocycles. The van der Waals surface area contributed by atoms with Crippen LogP contribution in [0.1, 0.15) is 11.1 Å².